The van der Waals surface area contributed by atoms with Crippen LogP contribution < -0.4 is 0 Å². The summed E-state index contributed by atoms with van der Waals surface area (Å²) in [5, 5.41) is 0. The monoisotopic (exact) mass is 336 g/mol. The first-order chi connectivity index (χ1) is 12.2. The second kappa shape index (κ2) is 8.39. The Labute approximate surface area is 155 Å². The topological polar surface area (TPSA) is 0 Å². The summed E-state index contributed by atoms with van der Waals surface area (Å²) in [6.07, 6.45) is 14.9. The Morgan fingerprint density at radius 2 is 1.84 bits per heavy atom. The highest BCUT2D eigenvalue weighted by Gasteiger charge is 2.51. The van der Waals surface area contributed by atoms with Crippen LogP contribution in [0.3, 0.4) is 0 Å². The normalized spacial score (nSPS) is 25.4. The number of fused-ring (bicyclic) bond motifs is 1. The lowest BCUT2D eigenvalue weighted by Gasteiger charge is -2.36. The minimum absolute atomic E-state index is 0.289. The molecule has 2 aliphatic carbocycles. The second-order valence-electron chi connectivity index (χ2n) is 8.25. The van der Waals surface area contributed by atoms with Gasteiger partial charge in [0, 0.05) is 5.41 Å². The molecule has 0 unspecified atom stereocenters. The number of hydrogen-bond acceptors (Lipinski definition) is 0. The Kier molecular flexibility index (Phi) is 6.20. The van der Waals surface area contributed by atoms with E-state index < -0.39 is 0 Å². The van der Waals surface area contributed by atoms with Gasteiger partial charge in [0.25, 0.3) is 0 Å². The molecular formula is C25H36. The van der Waals surface area contributed by atoms with Crippen LogP contribution in [0.25, 0.3) is 5.57 Å². The standard InChI is InChI=1S/C25H36/c1-4-6-7-9-16-22-19-23-17-12-18-25(23,24(22)13-5-2)20(3)21-14-10-8-11-15-21/h8,10-11,14-15,23H,3-7,9,12-13,16-19H2,1-2H3/t23-,25+/m1/s1. The molecule has 2 aliphatic rings. The van der Waals surface area contributed by atoms with Crippen LogP contribution in [0.2, 0.25) is 0 Å². The Balaban J connectivity index is 1.90. The highest BCUT2D eigenvalue weighted by molar-refractivity contribution is 5.74. The molecule has 0 saturated heterocycles. The maximum atomic E-state index is 4.68. The fourth-order valence-corrected chi connectivity index (χ4v) is 5.63. The summed E-state index contributed by atoms with van der Waals surface area (Å²) < 4.78 is 0. The minimum Gasteiger partial charge on any atom is -0.0943 e. The summed E-state index contributed by atoms with van der Waals surface area (Å²) in [4.78, 5) is 0. The van der Waals surface area contributed by atoms with Gasteiger partial charge in [0.1, 0.15) is 0 Å². The van der Waals surface area contributed by atoms with Crippen molar-refractivity contribution in [3.63, 3.8) is 0 Å². The summed E-state index contributed by atoms with van der Waals surface area (Å²) in [5.74, 6) is 0.822. The Hall–Kier alpha value is -1.30. The molecule has 2 atom stereocenters. The van der Waals surface area contributed by atoms with Crippen molar-refractivity contribution in [2.24, 2.45) is 11.3 Å². The quantitative estimate of drug-likeness (QED) is 0.317. The summed E-state index contributed by atoms with van der Waals surface area (Å²) in [7, 11) is 0. The first kappa shape index (κ1) is 18.5. The Morgan fingerprint density at radius 3 is 2.56 bits per heavy atom. The molecule has 136 valence electrons. The molecule has 1 fully saturated rings. The van der Waals surface area contributed by atoms with Gasteiger partial charge in [-0.3, -0.25) is 0 Å². The highest BCUT2D eigenvalue weighted by Crippen LogP contribution is 2.64. The first-order valence-corrected chi connectivity index (χ1v) is 10.7. The van der Waals surface area contributed by atoms with Crippen molar-refractivity contribution in [3.8, 4) is 0 Å². The van der Waals surface area contributed by atoms with Crippen LogP contribution in [0.5, 0.6) is 0 Å². The third kappa shape index (κ3) is 3.50. The molecule has 1 aromatic rings. The van der Waals surface area contributed by atoms with Gasteiger partial charge >= 0.3 is 0 Å². The van der Waals surface area contributed by atoms with E-state index in [1.807, 2.05) is 11.1 Å². The molecule has 0 radical (unpaired) electrons. The zero-order chi connectivity index (χ0) is 17.7. The summed E-state index contributed by atoms with van der Waals surface area (Å²) in [6, 6.07) is 11.0. The molecule has 0 nitrogen and oxygen atoms in total. The van der Waals surface area contributed by atoms with Crippen molar-refractivity contribution in [2.75, 3.05) is 0 Å². The number of rotatable bonds is 9. The minimum atomic E-state index is 0.289. The lowest BCUT2D eigenvalue weighted by molar-refractivity contribution is 0.370. The molecule has 0 spiro atoms. The second-order valence-corrected chi connectivity index (χ2v) is 8.25. The molecule has 1 saturated carbocycles. The van der Waals surface area contributed by atoms with Gasteiger partial charge in [0.15, 0.2) is 0 Å². The zero-order valence-corrected chi connectivity index (χ0v) is 16.4. The molecule has 0 aromatic heterocycles. The van der Waals surface area contributed by atoms with Gasteiger partial charge in [-0.1, -0.05) is 94.0 Å². The largest absolute Gasteiger partial charge is 0.0943 e. The van der Waals surface area contributed by atoms with E-state index in [4.69, 9.17) is 0 Å². The van der Waals surface area contributed by atoms with Gasteiger partial charge in [-0.25, -0.2) is 0 Å². The van der Waals surface area contributed by atoms with E-state index in [2.05, 4.69) is 50.8 Å². The maximum absolute atomic E-state index is 4.68. The van der Waals surface area contributed by atoms with Crippen LogP contribution in [0.15, 0.2) is 48.1 Å². The lowest BCUT2D eigenvalue weighted by Crippen LogP contribution is -2.25. The van der Waals surface area contributed by atoms with E-state index >= 15 is 0 Å². The highest BCUT2D eigenvalue weighted by atomic mass is 14.6. The molecule has 1 aromatic carbocycles. The fourth-order valence-electron chi connectivity index (χ4n) is 5.63. The van der Waals surface area contributed by atoms with Crippen molar-refractivity contribution in [1.29, 1.82) is 0 Å². The number of allylic oxidation sites excluding steroid dienone is 3. The number of hydrogen-bond donors (Lipinski definition) is 0. The van der Waals surface area contributed by atoms with E-state index in [9.17, 15) is 0 Å². The van der Waals surface area contributed by atoms with Gasteiger partial charge in [-0.05, 0) is 55.6 Å². The van der Waals surface area contributed by atoms with Gasteiger partial charge in [-0.2, -0.15) is 0 Å². The maximum Gasteiger partial charge on any atom is 0.0195 e. The van der Waals surface area contributed by atoms with E-state index in [0.717, 1.165) is 5.92 Å². The molecule has 0 aliphatic heterocycles. The smallest absolute Gasteiger partial charge is 0.0195 e. The predicted molar refractivity (Wildman–Crippen MR) is 111 cm³/mol. The van der Waals surface area contributed by atoms with Crippen LogP contribution >= 0.6 is 0 Å². The van der Waals surface area contributed by atoms with Crippen LogP contribution in [0.1, 0.15) is 90.0 Å². The Bertz CT molecular complexity index is 606. The van der Waals surface area contributed by atoms with E-state index in [1.54, 1.807) is 0 Å². The predicted octanol–water partition coefficient (Wildman–Crippen LogP) is 7.96. The molecular weight excluding hydrogens is 300 g/mol. The van der Waals surface area contributed by atoms with Crippen molar-refractivity contribution in [3.05, 3.63) is 53.6 Å². The van der Waals surface area contributed by atoms with Crippen molar-refractivity contribution in [1.82, 2.24) is 0 Å². The Morgan fingerprint density at radius 1 is 1.04 bits per heavy atom. The van der Waals surface area contributed by atoms with Gasteiger partial charge in [-0.15, -0.1) is 0 Å². The molecule has 0 heterocycles. The van der Waals surface area contributed by atoms with Crippen LogP contribution in [-0.4, -0.2) is 0 Å². The molecule has 3 rings (SSSR count). The average molecular weight is 337 g/mol. The molecule has 0 N–H and O–H groups in total. The third-order valence-electron chi connectivity index (χ3n) is 6.77. The van der Waals surface area contributed by atoms with Crippen molar-refractivity contribution in [2.45, 2.75) is 84.5 Å². The summed E-state index contributed by atoms with van der Waals surface area (Å²) in [5.41, 5.74) is 6.71. The third-order valence-corrected chi connectivity index (χ3v) is 6.77. The molecule has 25 heavy (non-hydrogen) atoms. The summed E-state index contributed by atoms with van der Waals surface area (Å²) >= 11 is 0. The summed E-state index contributed by atoms with van der Waals surface area (Å²) in [6.45, 7) is 9.34. The average Bonchev–Trinajstić information content (AvgIpc) is 3.18. The lowest BCUT2D eigenvalue weighted by atomic mass is 9.67. The van der Waals surface area contributed by atoms with E-state index in [-0.39, 0.29) is 5.41 Å². The first-order valence-electron chi connectivity index (χ1n) is 10.7. The van der Waals surface area contributed by atoms with Crippen LogP contribution in [-0.2, 0) is 0 Å². The van der Waals surface area contributed by atoms with Gasteiger partial charge in [0.05, 0.1) is 0 Å². The molecule has 0 amide bonds. The van der Waals surface area contributed by atoms with Crippen molar-refractivity contribution >= 4 is 5.57 Å². The molecule has 0 bridgehead atoms. The molecule has 0 heteroatoms. The van der Waals surface area contributed by atoms with E-state index in [1.165, 1.54) is 81.8 Å². The number of unbranched alkanes of at least 4 members (excludes halogenated alkanes) is 3. The van der Waals surface area contributed by atoms with Gasteiger partial charge < -0.3 is 0 Å². The van der Waals surface area contributed by atoms with Gasteiger partial charge in [0.2, 0.25) is 0 Å². The fraction of sp³-hybridized carbons (Fsp3) is 0.600. The SMILES string of the molecule is C=C(c1ccccc1)[C@@]12CCC[C@@H]1CC(CCCCCC)=C2CCC. The van der Waals surface area contributed by atoms with Crippen molar-refractivity contribution < 1.29 is 0 Å². The van der Waals surface area contributed by atoms with E-state index in [0.29, 0.717) is 0 Å². The van der Waals surface area contributed by atoms with Crippen LogP contribution in [0, 0.1) is 11.3 Å². The number of benzene rings is 1. The van der Waals surface area contributed by atoms with Crippen LogP contribution in [0.4, 0.5) is 0 Å². The zero-order valence-electron chi connectivity index (χ0n) is 16.4.